The van der Waals surface area contributed by atoms with E-state index in [1.54, 1.807) is 0 Å². The Balaban J connectivity index is 1.90. The number of oxazole rings is 1. The standard InChI is InChI=1S/C16H27N3O2/c1-3-7-13(17)16-19-14(10-21-16)15(20)18-11(2)12-8-5-4-6-9-12/h10-13H,3-9,17H2,1-2H3,(H,18,20). The number of carbonyl (C=O) groups is 1. The molecule has 1 aromatic heterocycles. The van der Waals surface area contributed by atoms with Crippen molar-refractivity contribution in [1.82, 2.24) is 10.3 Å². The third kappa shape index (κ3) is 4.30. The van der Waals surface area contributed by atoms with Crippen LogP contribution in [0.25, 0.3) is 0 Å². The van der Waals surface area contributed by atoms with Crippen LogP contribution in [0, 0.1) is 5.92 Å². The van der Waals surface area contributed by atoms with Crippen LogP contribution in [0.15, 0.2) is 10.7 Å². The predicted molar refractivity (Wildman–Crippen MR) is 81.8 cm³/mol. The summed E-state index contributed by atoms with van der Waals surface area (Å²) < 4.78 is 5.33. The Labute approximate surface area is 126 Å². The Morgan fingerprint density at radius 2 is 2.19 bits per heavy atom. The largest absolute Gasteiger partial charge is 0.446 e. The van der Waals surface area contributed by atoms with Gasteiger partial charge in [-0.25, -0.2) is 4.98 Å². The zero-order valence-electron chi connectivity index (χ0n) is 13.1. The Morgan fingerprint density at radius 1 is 1.48 bits per heavy atom. The van der Waals surface area contributed by atoms with Gasteiger partial charge >= 0.3 is 0 Å². The number of rotatable bonds is 6. The van der Waals surface area contributed by atoms with Crippen molar-refractivity contribution in [1.29, 1.82) is 0 Å². The van der Waals surface area contributed by atoms with E-state index < -0.39 is 0 Å². The fourth-order valence-electron chi connectivity index (χ4n) is 3.03. The van der Waals surface area contributed by atoms with Crippen molar-refractivity contribution in [3.05, 3.63) is 17.8 Å². The molecular formula is C16H27N3O2. The minimum Gasteiger partial charge on any atom is -0.446 e. The van der Waals surface area contributed by atoms with Gasteiger partial charge in [-0.05, 0) is 32.1 Å². The number of aromatic nitrogens is 1. The Kier molecular flexibility index (Phi) is 5.79. The minimum atomic E-state index is -0.229. The zero-order chi connectivity index (χ0) is 15.2. The van der Waals surface area contributed by atoms with Gasteiger partial charge in [0.15, 0.2) is 5.69 Å². The zero-order valence-corrected chi connectivity index (χ0v) is 13.1. The van der Waals surface area contributed by atoms with Gasteiger partial charge in [-0.2, -0.15) is 0 Å². The van der Waals surface area contributed by atoms with Gasteiger partial charge in [0.25, 0.3) is 5.91 Å². The maximum absolute atomic E-state index is 12.2. The molecule has 118 valence electrons. The fraction of sp³-hybridized carbons (Fsp3) is 0.750. The molecule has 0 radical (unpaired) electrons. The number of carbonyl (C=O) groups excluding carboxylic acids is 1. The van der Waals surface area contributed by atoms with Crippen molar-refractivity contribution in [3.63, 3.8) is 0 Å². The summed E-state index contributed by atoms with van der Waals surface area (Å²) in [7, 11) is 0. The molecule has 0 bridgehead atoms. The van der Waals surface area contributed by atoms with E-state index in [0.29, 0.717) is 17.5 Å². The normalized spacial score (nSPS) is 19.2. The lowest BCUT2D eigenvalue weighted by atomic mass is 9.84. The summed E-state index contributed by atoms with van der Waals surface area (Å²) in [4.78, 5) is 16.4. The van der Waals surface area contributed by atoms with Crippen molar-refractivity contribution in [2.75, 3.05) is 0 Å². The summed E-state index contributed by atoms with van der Waals surface area (Å²) in [5, 5.41) is 3.05. The van der Waals surface area contributed by atoms with E-state index in [1.807, 2.05) is 0 Å². The molecule has 1 aliphatic rings. The van der Waals surface area contributed by atoms with Crippen LogP contribution in [0.1, 0.15) is 81.2 Å². The third-order valence-electron chi connectivity index (χ3n) is 4.39. The number of hydrogen-bond donors (Lipinski definition) is 2. The van der Waals surface area contributed by atoms with Crippen LogP contribution >= 0.6 is 0 Å². The molecular weight excluding hydrogens is 266 g/mol. The Hall–Kier alpha value is -1.36. The van der Waals surface area contributed by atoms with E-state index in [9.17, 15) is 4.79 Å². The molecule has 0 spiro atoms. The molecule has 5 nitrogen and oxygen atoms in total. The van der Waals surface area contributed by atoms with E-state index in [4.69, 9.17) is 10.2 Å². The molecule has 0 saturated heterocycles. The molecule has 1 aliphatic carbocycles. The van der Waals surface area contributed by atoms with Crippen LogP contribution in [-0.2, 0) is 0 Å². The molecule has 0 aromatic carbocycles. The highest BCUT2D eigenvalue weighted by Gasteiger charge is 2.23. The first-order valence-electron chi connectivity index (χ1n) is 8.13. The number of hydrogen-bond acceptors (Lipinski definition) is 4. The first kappa shape index (κ1) is 16.0. The van der Waals surface area contributed by atoms with Crippen molar-refractivity contribution < 1.29 is 9.21 Å². The highest BCUT2D eigenvalue weighted by Crippen LogP contribution is 2.26. The molecule has 0 aliphatic heterocycles. The van der Waals surface area contributed by atoms with E-state index in [1.165, 1.54) is 38.4 Å². The summed E-state index contributed by atoms with van der Waals surface area (Å²) in [5.74, 6) is 0.871. The SMILES string of the molecule is CCCC(N)c1nc(C(=O)NC(C)C2CCCCC2)co1. The lowest BCUT2D eigenvalue weighted by Gasteiger charge is -2.27. The number of nitrogens with two attached hydrogens (primary N) is 1. The lowest BCUT2D eigenvalue weighted by Crippen LogP contribution is -2.39. The van der Waals surface area contributed by atoms with Crippen LogP contribution < -0.4 is 11.1 Å². The van der Waals surface area contributed by atoms with Crippen LogP contribution in [-0.4, -0.2) is 16.9 Å². The van der Waals surface area contributed by atoms with Gasteiger partial charge < -0.3 is 15.5 Å². The van der Waals surface area contributed by atoms with Gasteiger partial charge in [0.05, 0.1) is 6.04 Å². The lowest BCUT2D eigenvalue weighted by molar-refractivity contribution is 0.0914. The highest BCUT2D eigenvalue weighted by molar-refractivity contribution is 5.92. The van der Waals surface area contributed by atoms with Crippen molar-refractivity contribution in [2.24, 2.45) is 11.7 Å². The smallest absolute Gasteiger partial charge is 0.273 e. The van der Waals surface area contributed by atoms with Gasteiger partial charge in [0.1, 0.15) is 6.26 Å². The van der Waals surface area contributed by atoms with E-state index in [0.717, 1.165) is 12.8 Å². The second-order valence-electron chi connectivity index (χ2n) is 6.13. The third-order valence-corrected chi connectivity index (χ3v) is 4.39. The maximum atomic E-state index is 12.2. The molecule has 1 fully saturated rings. The van der Waals surface area contributed by atoms with Crippen LogP contribution in [0.2, 0.25) is 0 Å². The van der Waals surface area contributed by atoms with Gasteiger partial charge in [0.2, 0.25) is 5.89 Å². The van der Waals surface area contributed by atoms with Gasteiger partial charge in [0, 0.05) is 6.04 Å². The van der Waals surface area contributed by atoms with Crippen LogP contribution in [0.3, 0.4) is 0 Å². The predicted octanol–water partition coefficient (Wildman–Crippen LogP) is 3.17. The highest BCUT2D eigenvalue weighted by atomic mass is 16.3. The first-order valence-corrected chi connectivity index (χ1v) is 8.13. The molecule has 1 heterocycles. The topological polar surface area (TPSA) is 81.1 Å². The molecule has 5 heteroatoms. The molecule has 1 saturated carbocycles. The summed E-state index contributed by atoms with van der Waals surface area (Å²) in [6.45, 7) is 4.14. The number of amides is 1. The van der Waals surface area contributed by atoms with Crippen molar-refractivity contribution in [3.8, 4) is 0 Å². The van der Waals surface area contributed by atoms with Crippen molar-refractivity contribution >= 4 is 5.91 Å². The van der Waals surface area contributed by atoms with Crippen molar-refractivity contribution in [2.45, 2.75) is 70.9 Å². The van der Waals surface area contributed by atoms with E-state index >= 15 is 0 Å². The molecule has 21 heavy (non-hydrogen) atoms. The summed E-state index contributed by atoms with van der Waals surface area (Å²) >= 11 is 0. The van der Waals surface area contributed by atoms with Gasteiger partial charge in [-0.1, -0.05) is 32.6 Å². The second-order valence-corrected chi connectivity index (χ2v) is 6.13. The monoisotopic (exact) mass is 293 g/mol. The minimum absolute atomic E-state index is 0.160. The Bertz CT molecular complexity index is 452. The summed E-state index contributed by atoms with van der Waals surface area (Å²) in [5.41, 5.74) is 6.28. The number of nitrogens with zero attached hydrogens (tertiary/aromatic N) is 1. The summed E-state index contributed by atoms with van der Waals surface area (Å²) in [6.07, 6.45) is 9.44. The molecule has 1 aromatic rings. The first-order chi connectivity index (χ1) is 10.1. The second kappa shape index (κ2) is 7.59. The molecule has 1 amide bonds. The molecule has 2 atom stereocenters. The Morgan fingerprint density at radius 3 is 2.86 bits per heavy atom. The number of nitrogens with one attached hydrogen (secondary N) is 1. The summed E-state index contributed by atoms with van der Waals surface area (Å²) in [6, 6.07) is -0.0467. The average molecular weight is 293 g/mol. The van der Waals surface area contributed by atoms with E-state index in [-0.39, 0.29) is 18.0 Å². The van der Waals surface area contributed by atoms with Gasteiger partial charge in [-0.15, -0.1) is 0 Å². The fourth-order valence-corrected chi connectivity index (χ4v) is 3.03. The average Bonchev–Trinajstić information content (AvgIpc) is 2.98. The van der Waals surface area contributed by atoms with Crippen LogP contribution in [0.4, 0.5) is 0 Å². The molecule has 2 rings (SSSR count). The van der Waals surface area contributed by atoms with E-state index in [2.05, 4.69) is 24.1 Å². The molecule has 3 N–H and O–H groups in total. The molecule has 2 unspecified atom stereocenters. The maximum Gasteiger partial charge on any atom is 0.273 e. The van der Waals surface area contributed by atoms with Crippen LogP contribution in [0.5, 0.6) is 0 Å². The quantitative estimate of drug-likeness (QED) is 0.844. The van der Waals surface area contributed by atoms with Gasteiger partial charge in [-0.3, -0.25) is 4.79 Å².